The number of carbonyl (C=O) groups is 1. The number of Topliss-reactive ketones (excluding diaryl/α,β-unsaturated/α-hetero) is 1. The van der Waals surface area contributed by atoms with E-state index in [1.54, 1.807) is 11.8 Å². The van der Waals surface area contributed by atoms with E-state index in [9.17, 15) is 9.90 Å². The summed E-state index contributed by atoms with van der Waals surface area (Å²) in [5.41, 5.74) is 0.440. The first-order valence-corrected chi connectivity index (χ1v) is 14.5. The molecule has 0 spiro atoms. The highest BCUT2D eigenvalue weighted by Gasteiger charge is 2.62. The van der Waals surface area contributed by atoms with Crippen LogP contribution in [0.25, 0.3) is 0 Å². The third-order valence-electron chi connectivity index (χ3n) is 10.3. The molecule has 0 aliphatic heterocycles. The maximum atomic E-state index is 13.2. The molecule has 0 saturated heterocycles. The van der Waals surface area contributed by atoms with E-state index in [4.69, 9.17) is 9.84 Å². The van der Waals surface area contributed by atoms with Gasteiger partial charge in [0.25, 0.3) is 0 Å². The van der Waals surface area contributed by atoms with Crippen LogP contribution >= 0.6 is 11.8 Å². The van der Waals surface area contributed by atoms with Crippen LogP contribution in [0.3, 0.4) is 0 Å². The molecule has 0 aromatic heterocycles. The fraction of sp³-hybridized carbons (Fsp3) is 0.963. The minimum atomic E-state index is -0.304. The first kappa shape index (κ1) is 25.0. The molecule has 4 aliphatic carbocycles. The fourth-order valence-corrected chi connectivity index (χ4v) is 9.54. The van der Waals surface area contributed by atoms with Gasteiger partial charge in [0.1, 0.15) is 5.78 Å². The van der Waals surface area contributed by atoms with E-state index >= 15 is 0 Å². The molecule has 5 heteroatoms. The maximum absolute atomic E-state index is 13.2. The molecule has 2 N–H and O–H groups in total. The largest absolute Gasteiger partial charge is 0.396 e. The quantitative estimate of drug-likeness (QED) is 0.463. The second-order valence-electron chi connectivity index (χ2n) is 11.8. The number of carbonyl (C=O) groups excluding carboxylic acids is 1. The van der Waals surface area contributed by atoms with Crippen LogP contribution in [0.5, 0.6) is 0 Å². The van der Waals surface area contributed by atoms with Crippen LogP contribution in [-0.2, 0) is 9.53 Å². The monoisotopic (exact) mass is 466 g/mol. The Hall–Kier alpha value is -0.100. The van der Waals surface area contributed by atoms with Gasteiger partial charge in [-0.2, -0.15) is 11.8 Å². The van der Waals surface area contributed by atoms with Gasteiger partial charge < -0.3 is 14.9 Å². The standard InChI is InChI=1S/C27H46O4S/c1-4-13-31-25-16-27(3)18(15-23(25)29)6-7-19-20-8-9-22(24(30)17-32-14-5-12-28)26(20,2)11-10-21(19)27/h18-23,25,28-29H,4-17H2,1-3H3/t18?,19-,20-,21-,22+,23?,25?,26-,27-/m0/s1. The molecular formula is C27H46O4S. The Balaban J connectivity index is 1.46. The molecule has 0 radical (unpaired) electrons. The van der Waals surface area contributed by atoms with Gasteiger partial charge in [-0.1, -0.05) is 20.8 Å². The van der Waals surface area contributed by atoms with Crippen molar-refractivity contribution in [2.45, 2.75) is 97.2 Å². The van der Waals surface area contributed by atoms with E-state index in [2.05, 4.69) is 20.8 Å². The first-order valence-electron chi connectivity index (χ1n) is 13.4. The molecule has 4 saturated carbocycles. The van der Waals surface area contributed by atoms with E-state index in [1.807, 2.05) is 0 Å². The van der Waals surface area contributed by atoms with E-state index in [0.29, 0.717) is 29.3 Å². The topological polar surface area (TPSA) is 66.8 Å². The second kappa shape index (κ2) is 10.3. The average molecular weight is 467 g/mol. The van der Waals surface area contributed by atoms with Crippen molar-refractivity contribution in [3.63, 3.8) is 0 Å². The Morgan fingerprint density at radius 1 is 1.09 bits per heavy atom. The average Bonchev–Trinajstić information content (AvgIpc) is 3.13. The fourth-order valence-electron chi connectivity index (χ4n) is 8.66. The van der Waals surface area contributed by atoms with Crippen LogP contribution in [0.15, 0.2) is 0 Å². The Labute approximate surface area is 199 Å². The summed E-state index contributed by atoms with van der Waals surface area (Å²) in [5, 5.41) is 19.8. The number of fused-ring (bicyclic) bond motifs is 5. The van der Waals surface area contributed by atoms with Crippen molar-refractivity contribution in [1.29, 1.82) is 0 Å². The highest BCUT2D eigenvalue weighted by Crippen LogP contribution is 2.67. The lowest BCUT2D eigenvalue weighted by atomic mass is 9.44. The van der Waals surface area contributed by atoms with Gasteiger partial charge in [-0.3, -0.25) is 4.79 Å². The number of hydrogen-bond acceptors (Lipinski definition) is 5. The summed E-state index contributed by atoms with van der Waals surface area (Å²) in [7, 11) is 0. The predicted molar refractivity (Wildman–Crippen MR) is 131 cm³/mol. The van der Waals surface area contributed by atoms with Gasteiger partial charge in [0.2, 0.25) is 0 Å². The zero-order valence-electron chi connectivity index (χ0n) is 20.6. The lowest BCUT2D eigenvalue weighted by Crippen LogP contribution is -2.57. The Bertz CT molecular complexity index is 656. The van der Waals surface area contributed by atoms with Crippen molar-refractivity contribution >= 4 is 17.5 Å². The first-order chi connectivity index (χ1) is 15.3. The van der Waals surface area contributed by atoms with Crippen LogP contribution in [0, 0.1) is 40.4 Å². The lowest BCUT2D eigenvalue weighted by Gasteiger charge is -2.61. The van der Waals surface area contributed by atoms with E-state index < -0.39 is 0 Å². The van der Waals surface area contributed by atoms with Gasteiger partial charge in [-0.25, -0.2) is 0 Å². The third kappa shape index (κ3) is 4.45. The molecule has 0 amide bonds. The second-order valence-corrected chi connectivity index (χ2v) is 12.9. The van der Waals surface area contributed by atoms with Gasteiger partial charge >= 0.3 is 0 Å². The van der Waals surface area contributed by atoms with Gasteiger partial charge in [0.15, 0.2) is 0 Å². The number of aliphatic hydroxyl groups is 2. The highest BCUT2D eigenvalue weighted by molar-refractivity contribution is 7.99. The molecule has 4 nitrogen and oxygen atoms in total. The van der Waals surface area contributed by atoms with E-state index in [0.717, 1.165) is 50.4 Å². The lowest BCUT2D eigenvalue weighted by molar-refractivity contribution is -0.172. The smallest absolute Gasteiger partial charge is 0.146 e. The van der Waals surface area contributed by atoms with Crippen LogP contribution in [0.1, 0.15) is 85.0 Å². The molecule has 0 aromatic carbocycles. The number of rotatable bonds is 9. The molecule has 4 rings (SSSR count). The van der Waals surface area contributed by atoms with Crippen LogP contribution in [0.4, 0.5) is 0 Å². The van der Waals surface area contributed by atoms with Gasteiger partial charge in [0.05, 0.1) is 18.0 Å². The summed E-state index contributed by atoms with van der Waals surface area (Å²) in [6.45, 7) is 8.06. The number of ether oxygens (including phenoxy) is 1. The van der Waals surface area contributed by atoms with Gasteiger partial charge in [0, 0.05) is 19.1 Å². The SMILES string of the molecule is CCCOC1C[C@@]2(C)C(CC[C@H]3[C@@H]4CC[C@H](C(=O)CSCCCO)[C@@]4(C)CC[C@@H]32)CC1O. The molecule has 4 fully saturated rings. The molecule has 4 aliphatic rings. The predicted octanol–water partition coefficient (Wildman–Crippen LogP) is 5.10. The molecule has 9 atom stereocenters. The molecule has 0 bridgehead atoms. The van der Waals surface area contributed by atoms with Gasteiger partial charge in [-0.15, -0.1) is 0 Å². The number of ketones is 1. The summed E-state index contributed by atoms with van der Waals surface area (Å²) in [5.74, 6) is 4.94. The van der Waals surface area contributed by atoms with Crippen molar-refractivity contribution in [3.05, 3.63) is 0 Å². The molecule has 32 heavy (non-hydrogen) atoms. The summed E-state index contributed by atoms with van der Waals surface area (Å²) >= 11 is 1.71. The summed E-state index contributed by atoms with van der Waals surface area (Å²) in [6.07, 6.45) is 10.6. The third-order valence-corrected chi connectivity index (χ3v) is 11.3. The molecular weight excluding hydrogens is 420 g/mol. The zero-order chi connectivity index (χ0) is 22.9. The molecule has 0 aromatic rings. The highest BCUT2D eigenvalue weighted by atomic mass is 32.2. The van der Waals surface area contributed by atoms with Crippen molar-refractivity contribution in [1.82, 2.24) is 0 Å². The van der Waals surface area contributed by atoms with E-state index in [1.165, 1.54) is 32.1 Å². The zero-order valence-corrected chi connectivity index (χ0v) is 21.4. The summed E-state index contributed by atoms with van der Waals surface area (Å²) in [6, 6.07) is 0. The van der Waals surface area contributed by atoms with Gasteiger partial charge in [-0.05, 0) is 104 Å². The van der Waals surface area contributed by atoms with Crippen molar-refractivity contribution < 1.29 is 19.7 Å². The molecule has 0 heterocycles. The van der Waals surface area contributed by atoms with Crippen LogP contribution < -0.4 is 0 Å². The maximum Gasteiger partial charge on any atom is 0.146 e. The minimum Gasteiger partial charge on any atom is -0.396 e. The number of hydrogen-bond donors (Lipinski definition) is 2. The Kier molecular flexibility index (Phi) is 8.01. The minimum absolute atomic E-state index is 0.00268. The van der Waals surface area contributed by atoms with Crippen molar-refractivity contribution in [2.24, 2.45) is 40.4 Å². The van der Waals surface area contributed by atoms with E-state index in [-0.39, 0.29) is 35.6 Å². The Morgan fingerprint density at radius 3 is 2.62 bits per heavy atom. The summed E-state index contributed by atoms with van der Waals surface area (Å²) < 4.78 is 6.14. The summed E-state index contributed by atoms with van der Waals surface area (Å²) in [4.78, 5) is 13.2. The molecule has 3 unspecified atom stereocenters. The van der Waals surface area contributed by atoms with Crippen molar-refractivity contribution in [3.8, 4) is 0 Å². The van der Waals surface area contributed by atoms with Crippen molar-refractivity contribution in [2.75, 3.05) is 24.7 Å². The van der Waals surface area contributed by atoms with Crippen LogP contribution in [0.2, 0.25) is 0 Å². The number of thioether (sulfide) groups is 1. The number of aliphatic hydroxyl groups excluding tert-OH is 2. The Morgan fingerprint density at radius 2 is 1.88 bits per heavy atom. The molecule has 184 valence electrons. The normalized spacial score (nSPS) is 45.7. The van der Waals surface area contributed by atoms with Crippen LogP contribution in [-0.4, -0.2) is 52.9 Å².